The fraction of sp³-hybridized carbons (Fsp3) is 0.154. The van der Waals surface area contributed by atoms with E-state index in [1.165, 1.54) is 6.07 Å². The molecular formula is C13H9BrF3NO. The molecule has 0 saturated heterocycles. The van der Waals surface area contributed by atoms with Crippen LogP contribution in [0.2, 0.25) is 0 Å². The third-order valence-corrected chi connectivity index (χ3v) is 3.01. The maximum Gasteiger partial charge on any atom is 0.405 e. The van der Waals surface area contributed by atoms with Gasteiger partial charge >= 0.3 is 6.18 Å². The van der Waals surface area contributed by atoms with Crippen LogP contribution in [0.25, 0.3) is 10.8 Å². The number of hydrogen-bond acceptors (Lipinski definition) is 1. The van der Waals surface area contributed by atoms with E-state index >= 15 is 0 Å². The van der Waals surface area contributed by atoms with Crippen molar-refractivity contribution in [3.8, 4) is 0 Å². The molecule has 0 unspecified atom stereocenters. The van der Waals surface area contributed by atoms with E-state index in [1.54, 1.807) is 24.3 Å². The Morgan fingerprint density at radius 2 is 1.74 bits per heavy atom. The number of fused-ring (bicyclic) bond motifs is 1. The lowest BCUT2D eigenvalue weighted by molar-refractivity contribution is -0.123. The van der Waals surface area contributed by atoms with E-state index in [1.807, 2.05) is 11.4 Å². The summed E-state index contributed by atoms with van der Waals surface area (Å²) < 4.78 is 36.9. The second kappa shape index (κ2) is 5.21. The van der Waals surface area contributed by atoms with Crippen LogP contribution in [0, 0.1) is 0 Å². The van der Waals surface area contributed by atoms with Crippen molar-refractivity contribution in [2.24, 2.45) is 0 Å². The van der Waals surface area contributed by atoms with E-state index in [2.05, 4.69) is 15.9 Å². The first-order valence-electron chi connectivity index (χ1n) is 5.39. The van der Waals surface area contributed by atoms with Gasteiger partial charge in [0.1, 0.15) is 6.54 Å². The van der Waals surface area contributed by atoms with E-state index in [9.17, 15) is 18.0 Å². The summed E-state index contributed by atoms with van der Waals surface area (Å²) in [6, 6.07) is 10.2. The van der Waals surface area contributed by atoms with Crippen molar-refractivity contribution < 1.29 is 18.0 Å². The molecule has 0 aliphatic carbocycles. The van der Waals surface area contributed by atoms with E-state index < -0.39 is 18.6 Å². The number of hydrogen-bond donors (Lipinski definition) is 1. The first-order chi connectivity index (χ1) is 8.85. The number of nitrogens with one attached hydrogen (secondary N) is 1. The lowest BCUT2D eigenvalue weighted by Crippen LogP contribution is -2.33. The highest BCUT2D eigenvalue weighted by atomic mass is 79.9. The first-order valence-corrected chi connectivity index (χ1v) is 6.19. The predicted molar refractivity (Wildman–Crippen MR) is 70.0 cm³/mol. The monoisotopic (exact) mass is 331 g/mol. The Kier molecular flexibility index (Phi) is 3.80. The third-order valence-electron chi connectivity index (χ3n) is 2.51. The zero-order valence-corrected chi connectivity index (χ0v) is 11.2. The summed E-state index contributed by atoms with van der Waals surface area (Å²) in [7, 11) is 0. The van der Waals surface area contributed by atoms with Gasteiger partial charge in [0.15, 0.2) is 0 Å². The average Bonchev–Trinajstić information content (AvgIpc) is 2.34. The van der Waals surface area contributed by atoms with Crippen molar-refractivity contribution >= 4 is 32.6 Å². The van der Waals surface area contributed by atoms with Gasteiger partial charge in [-0.3, -0.25) is 4.79 Å². The van der Waals surface area contributed by atoms with Crippen molar-refractivity contribution in [1.82, 2.24) is 5.32 Å². The lowest BCUT2D eigenvalue weighted by Gasteiger charge is -2.09. The normalized spacial score (nSPS) is 11.6. The van der Waals surface area contributed by atoms with Crippen molar-refractivity contribution in [1.29, 1.82) is 0 Å². The van der Waals surface area contributed by atoms with E-state index in [4.69, 9.17) is 0 Å². The number of rotatable bonds is 2. The molecule has 0 spiro atoms. The van der Waals surface area contributed by atoms with Gasteiger partial charge in [0, 0.05) is 10.0 Å². The van der Waals surface area contributed by atoms with Gasteiger partial charge in [-0.05, 0) is 35.0 Å². The summed E-state index contributed by atoms with van der Waals surface area (Å²) in [5.74, 6) is -0.734. The topological polar surface area (TPSA) is 29.1 Å². The second-order valence-electron chi connectivity index (χ2n) is 4.00. The molecule has 2 nitrogen and oxygen atoms in total. The fourth-order valence-corrected chi connectivity index (χ4v) is 2.02. The Bertz CT molecular complexity index is 625. The van der Waals surface area contributed by atoms with Gasteiger partial charge < -0.3 is 5.32 Å². The molecule has 100 valence electrons. The molecule has 0 atom stereocenters. The van der Waals surface area contributed by atoms with Gasteiger partial charge in [-0.2, -0.15) is 13.2 Å². The second-order valence-corrected chi connectivity index (χ2v) is 4.92. The highest BCUT2D eigenvalue weighted by molar-refractivity contribution is 9.10. The molecule has 1 N–H and O–H groups in total. The largest absolute Gasteiger partial charge is 0.405 e. The van der Waals surface area contributed by atoms with Gasteiger partial charge in [0.25, 0.3) is 5.91 Å². The minimum atomic E-state index is -4.41. The smallest absolute Gasteiger partial charge is 0.343 e. The van der Waals surface area contributed by atoms with Crippen molar-refractivity contribution in [3.63, 3.8) is 0 Å². The summed E-state index contributed by atoms with van der Waals surface area (Å²) >= 11 is 3.32. The van der Waals surface area contributed by atoms with Gasteiger partial charge in [-0.15, -0.1) is 0 Å². The standard InChI is InChI=1S/C13H9BrF3NO/c14-11-4-3-8-5-10(2-1-9(8)6-11)12(19)18-7-13(15,16)17/h1-6H,7H2,(H,18,19). The van der Waals surface area contributed by atoms with Crippen LogP contribution in [-0.4, -0.2) is 18.6 Å². The van der Waals surface area contributed by atoms with Crippen LogP contribution in [0.4, 0.5) is 13.2 Å². The SMILES string of the molecule is O=C(NCC(F)(F)F)c1ccc2cc(Br)ccc2c1. The molecule has 19 heavy (non-hydrogen) atoms. The van der Waals surface area contributed by atoms with Gasteiger partial charge in [-0.25, -0.2) is 0 Å². The highest BCUT2D eigenvalue weighted by Crippen LogP contribution is 2.21. The molecule has 0 radical (unpaired) electrons. The Morgan fingerprint density at radius 1 is 1.11 bits per heavy atom. The lowest BCUT2D eigenvalue weighted by atomic mass is 10.1. The van der Waals surface area contributed by atoms with Gasteiger partial charge in [-0.1, -0.05) is 28.1 Å². The Morgan fingerprint density at radius 3 is 2.42 bits per heavy atom. The number of alkyl halides is 3. The van der Waals surface area contributed by atoms with Crippen LogP contribution in [0.1, 0.15) is 10.4 Å². The highest BCUT2D eigenvalue weighted by Gasteiger charge is 2.27. The number of carbonyl (C=O) groups excluding carboxylic acids is 1. The average molecular weight is 332 g/mol. The summed E-state index contributed by atoms with van der Waals surface area (Å²) in [5, 5.41) is 3.54. The molecule has 0 fully saturated rings. The van der Waals surface area contributed by atoms with E-state index in [-0.39, 0.29) is 5.56 Å². The summed E-state index contributed by atoms with van der Waals surface area (Å²) in [6.07, 6.45) is -4.41. The number of carbonyl (C=O) groups is 1. The molecule has 0 heterocycles. The molecule has 2 aromatic rings. The molecule has 0 aliphatic rings. The zero-order valence-electron chi connectivity index (χ0n) is 9.59. The van der Waals surface area contributed by atoms with Crippen LogP contribution < -0.4 is 5.32 Å². The third kappa shape index (κ3) is 3.70. The Balaban J connectivity index is 2.21. The van der Waals surface area contributed by atoms with Gasteiger partial charge in [0.05, 0.1) is 0 Å². The first kappa shape index (κ1) is 13.9. The van der Waals surface area contributed by atoms with Crippen molar-refractivity contribution in [3.05, 3.63) is 46.4 Å². The molecule has 2 aromatic carbocycles. The van der Waals surface area contributed by atoms with Crippen molar-refractivity contribution in [2.75, 3.05) is 6.54 Å². The zero-order chi connectivity index (χ0) is 14.0. The van der Waals surface area contributed by atoms with Crippen LogP contribution in [0.3, 0.4) is 0 Å². The summed E-state index contributed by atoms with van der Waals surface area (Å²) in [5.41, 5.74) is 0.207. The number of halogens is 4. The van der Waals surface area contributed by atoms with E-state index in [0.29, 0.717) is 0 Å². The molecular weight excluding hydrogens is 323 g/mol. The van der Waals surface area contributed by atoms with Crippen molar-refractivity contribution in [2.45, 2.75) is 6.18 Å². The maximum absolute atomic E-state index is 12.0. The van der Waals surface area contributed by atoms with Crippen LogP contribution in [0.15, 0.2) is 40.9 Å². The number of benzene rings is 2. The molecule has 0 bridgehead atoms. The Labute approximate surface area is 115 Å². The molecule has 0 saturated carbocycles. The van der Waals surface area contributed by atoms with Crippen LogP contribution in [-0.2, 0) is 0 Å². The summed E-state index contributed by atoms with van der Waals surface area (Å²) in [4.78, 5) is 11.6. The minimum absolute atomic E-state index is 0.207. The number of amides is 1. The maximum atomic E-state index is 12.0. The van der Waals surface area contributed by atoms with Crippen LogP contribution in [0.5, 0.6) is 0 Å². The molecule has 0 aromatic heterocycles. The minimum Gasteiger partial charge on any atom is -0.343 e. The molecule has 6 heteroatoms. The molecule has 0 aliphatic heterocycles. The molecule has 2 rings (SSSR count). The summed E-state index contributed by atoms with van der Waals surface area (Å²) in [6.45, 7) is -1.33. The van der Waals surface area contributed by atoms with E-state index in [0.717, 1.165) is 15.2 Å². The fourth-order valence-electron chi connectivity index (χ4n) is 1.64. The molecule has 1 amide bonds. The van der Waals surface area contributed by atoms with Crippen LogP contribution >= 0.6 is 15.9 Å². The Hall–Kier alpha value is -1.56. The van der Waals surface area contributed by atoms with Gasteiger partial charge in [0.2, 0.25) is 0 Å². The quantitative estimate of drug-likeness (QED) is 0.888. The predicted octanol–water partition coefficient (Wildman–Crippen LogP) is 3.89.